The van der Waals surface area contributed by atoms with Crippen molar-refractivity contribution in [2.45, 2.75) is 25.2 Å². The molecule has 3 amide bonds. The largest absolute Gasteiger partial charge is 0.340 e. The maximum Gasteiger partial charge on any atom is 0.319 e. The van der Waals surface area contributed by atoms with Crippen LogP contribution >= 0.6 is 11.3 Å². The van der Waals surface area contributed by atoms with E-state index in [1.54, 1.807) is 23.1 Å². The van der Waals surface area contributed by atoms with Gasteiger partial charge in [0.1, 0.15) is 0 Å². The lowest BCUT2D eigenvalue weighted by atomic mass is 10.3. The minimum Gasteiger partial charge on any atom is -0.340 e. The molecule has 2 heterocycles. The first-order chi connectivity index (χ1) is 14.3. The molecule has 162 valence electrons. The SMILES string of the molecule is Cc1cc(S(=O)(=O)N2CCN(C(=O)CCNC(=O)Nc3ccccc3)CC2)c(C)s1. The maximum atomic E-state index is 12.9. The molecule has 0 unspecified atom stereocenters. The van der Waals surface area contributed by atoms with Gasteiger partial charge in [-0.15, -0.1) is 11.3 Å². The van der Waals surface area contributed by atoms with E-state index in [0.717, 1.165) is 9.75 Å². The second-order valence-electron chi connectivity index (χ2n) is 7.06. The maximum absolute atomic E-state index is 12.9. The fourth-order valence-electron chi connectivity index (χ4n) is 3.32. The predicted molar refractivity (Wildman–Crippen MR) is 117 cm³/mol. The molecule has 0 spiro atoms. The van der Waals surface area contributed by atoms with Gasteiger partial charge in [0, 0.05) is 54.6 Å². The number of nitrogens with zero attached hydrogens (tertiary/aromatic N) is 2. The Kier molecular flexibility index (Phi) is 7.11. The van der Waals surface area contributed by atoms with Crippen LogP contribution in [0.5, 0.6) is 0 Å². The van der Waals surface area contributed by atoms with Crippen LogP contribution in [0.4, 0.5) is 10.5 Å². The third-order valence-electron chi connectivity index (χ3n) is 4.86. The lowest BCUT2D eigenvalue weighted by Gasteiger charge is -2.34. The molecule has 1 saturated heterocycles. The summed E-state index contributed by atoms with van der Waals surface area (Å²) in [4.78, 5) is 28.0. The number of hydrogen-bond donors (Lipinski definition) is 2. The number of thiophene rings is 1. The summed E-state index contributed by atoms with van der Waals surface area (Å²) in [5.74, 6) is -0.102. The highest BCUT2D eigenvalue weighted by Gasteiger charge is 2.31. The van der Waals surface area contributed by atoms with Gasteiger partial charge in [-0.25, -0.2) is 13.2 Å². The Bertz CT molecular complexity index is 997. The Labute approximate surface area is 180 Å². The second-order valence-corrected chi connectivity index (χ2v) is 10.4. The number of carbonyl (C=O) groups is 2. The molecule has 8 nitrogen and oxygen atoms in total. The van der Waals surface area contributed by atoms with Crippen molar-refractivity contribution in [1.82, 2.24) is 14.5 Å². The van der Waals surface area contributed by atoms with E-state index in [1.165, 1.54) is 15.6 Å². The van der Waals surface area contributed by atoms with E-state index in [1.807, 2.05) is 32.0 Å². The van der Waals surface area contributed by atoms with E-state index in [2.05, 4.69) is 10.6 Å². The number of rotatable bonds is 6. The van der Waals surface area contributed by atoms with Crippen LogP contribution in [0.2, 0.25) is 0 Å². The topological polar surface area (TPSA) is 98.8 Å². The normalized spacial score (nSPS) is 15.1. The van der Waals surface area contributed by atoms with Crippen molar-refractivity contribution >= 4 is 39.0 Å². The summed E-state index contributed by atoms with van der Waals surface area (Å²) in [6.45, 7) is 5.14. The number of carbonyl (C=O) groups excluding carboxylic acids is 2. The molecule has 1 aliphatic heterocycles. The number of benzene rings is 1. The molecule has 0 atom stereocenters. The molecule has 3 rings (SSSR count). The van der Waals surface area contributed by atoms with Crippen molar-refractivity contribution in [2.75, 3.05) is 38.0 Å². The van der Waals surface area contributed by atoms with Crippen molar-refractivity contribution in [3.63, 3.8) is 0 Å². The number of para-hydroxylation sites is 1. The monoisotopic (exact) mass is 450 g/mol. The molecule has 10 heteroatoms. The van der Waals surface area contributed by atoms with Crippen molar-refractivity contribution < 1.29 is 18.0 Å². The number of anilines is 1. The van der Waals surface area contributed by atoms with E-state index < -0.39 is 10.0 Å². The number of piperazine rings is 1. The van der Waals surface area contributed by atoms with E-state index in [4.69, 9.17) is 0 Å². The lowest BCUT2D eigenvalue weighted by Crippen LogP contribution is -2.51. The Morgan fingerprint density at radius 1 is 1.07 bits per heavy atom. The van der Waals surface area contributed by atoms with Crippen LogP contribution in [0.3, 0.4) is 0 Å². The first-order valence-electron chi connectivity index (χ1n) is 9.72. The standard InChI is InChI=1S/C20H26N4O4S2/c1-15-14-18(16(2)29-15)30(27,28)24-12-10-23(11-13-24)19(25)8-9-21-20(26)22-17-6-4-3-5-7-17/h3-7,14H,8-13H2,1-2H3,(H2,21,22,26). The molecule has 1 aromatic carbocycles. The van der Waals surface area contributed by atoms with Gasteiger partial charge in [-0.2, -0.15) is 4.31 Å². The molecule has 0 aliphatic carbocycles. The third kappa shape index (κ3) is 5.38. The number of urea groups is 1. The number of nitrogens with one attached hydrogen (secondary N) is 2. The van der Waals surface area contributed by atoms with Crippen molar-refractivity contribution in [3.8, 4) is 0 Å². The molecular weight excluding hydrogens is 424 g/mol. The first-order valence-corrected chi connectivity index (χ1v) is 12.0. The number of aryl methyl sites for hydroxylation is 2. The van der Waals surface area contributed by atoms with Crippen LogP contribution in [-0.2, 0) is 14.8 Å². The van der Waals surface area contributed by atoms with Crippen LogP contribution in [0, 0.1) is 13.8 Å². The summed E-state index contributed by atoms with van der Waals surface area (Å²) in [5, 5.41) is 5.35. The summed E-state index contributed by atoms with van der Waals surface area (Å²) >= 11 is 1.47. The fraction of sp³-hybridized carbons (Fsp3) is 0.400. The van der Waals surface area contributed by atoms with Gasteiger partial charge in [-0.3, -0.25) is 4.79 Å². The molecule has 1 fully saturated rings. The molecule has 0 radical (unpaired) electrons. The summed E-state index contributed by atoms with van der Waals surface area (Å²) < 4.78 is 27.2. The van der Waals surface area contributed by atoms with Crippen LogP contribution < -0.4 is 10.6 Å². The Hall–Kier alpha value is -2.43. The van der Waals surface area contributed by atoms with Gasteiger partial charge >= 0.3 is 6.03 Å². The van der Waals surface area contributed by atoms with Gasteiger partial charge in [-0.1, -0.05) is 18.2 Å². The van der Waals surface area contributed by atoms with Crippen molar-refractivity contribution in [1.29, 1.82) is 0 Å². The van der Waals surface area contributed by atoms with Gasteiger partial charge in [0.05, 0.1) is 4.90 Å². The minimum absolute atomic E-state index is 0.102. The van der Waals surface area contributed by atoms with Gasteiger partial charge in [0.25, 0.3) is 0 Å². The average molecular weight is 451 g/mol. The van der Waals surface area contributed by atoms with Crippen LogP contribution in [0.25, 0.3) is 0 Å². The molecule has 1 aliphatic rings. The number of amides is 3. The Morgan fingerprint density at radius 2 is 1.73 bits per heavy atom. The van der Waals surface area contributed by atoms with E-state index >= 15 is 0 Å². The van der Waals surface area contributed by atoms with Crippen molar-refractivity contribution in [2.24, 2.45) is 0 Å². The minimum atomic E-state index is -3.54. The highest BCUT2D eigenvalue weighted by Crippen LogP contribution is 2.28. The molecule has 0 bridgehead atoms. The number of hydrogen-bond acceptors (Lipinski definition) is 5. The third-order valence-corrected chi connectivity index (χ3v) is 7.98. The summed E-state index contributed by atoms with van der Waals surface area (Å²) in [5.41, 5.74) is 0.676. The Morgan fingerprint density at radius 3 is 2.33 bits per heavy atom. The molecular formula is C20H26N4O4S2. The zero-order valence-corrected chi connectivity index (χ0v) is 18.7. The Balaban J connectivity index is 1.44. The second kappa shape index (κ2) is 9.59. The van der Waals surface area contributed by atoms with Gasteiger partial charge < -0.3 is 15.5 Å². The van der Waals surface area contributed by atoms with Gasteiger partial charge in [0.2, 0.25) is 15.9 Å². The van der Waals surface area contributed by atoms with E-state index in [-0.39, 0.29) is 38.0 Å². The van der Waals surface area contributed by atoms with Crippen LogP contribution in [0.15, 0.2) is 41.3 Å². The van der Waals surface area contributed by atoms with E-state index in [9.17, 15) is 18.0 Å². The first kappa shape index (κ1) is 22.3. The van der Waals surface area contributed by atoms with E-state index in [0.29, 0.717) is 23.7 Å². The average Bonchev–Trinajstić information content (AvgIpc) is 3.07. The zero-order chi connectivity index (χ0) is 21.7. The molecule has 2 N–H and O–H groups in total. The quantitative estimate of drug-likeness (QED) is 0.706. The van der Waals surface area contributed by atoms with Gasteiger partial charge in [-0.05, 0) is 32.0 Å². The summed E-state index contributed by atoms with van der Waals surface area (Å²) in [7, 11) is -3.54. The lowest BCUT2D eigenvalue weighted by molar-refractivity contribution is -0.132. The highest BCUT2D eigenvalue weighted by molar-refractivity contribution is 7.89. The smallest absolute Gasteiger partial charge is 0.319 e. The summed E-state index contributed by atoms with van der Waals surface area (Å²) in [6.07, 6.45) is 0.164. The van der Waals surface area contributed by atoms with Crippen LogP contribution in [0.1, 0.15) is 16.2 Å². The zero-order valence-electron chi connectivity index (χ0n) is 17.1. The number of sulfonamides is 1. The highest BCUT2D eigenvalue weighted by atomic mass is 32.2. The predicted octanol–water partition coefficient (Wildman–Crippen LogP) is 2.41. The molecule has 2 aromatic rings. The van der Waals surface area contributed by atoms with Crippen LogP contribution in [-0.4, -0.2) is 62.3 Å². The van der Waals surface area contributed by atoms with Gasteiger partial charge in [0.15, 0.2) is 0 Å². The summed E-state index contributed by atoms with van der Waals surface area (Å²) in [6, 6.07) is 10.4. The molecule has 1 aromatic heterocycles. The fourth-order valence-corrected chi connectivity index (χ4v) is 6.26. The molecule has 30 heavy (non-hydrogen) atoms. The molecule has 0 saturated carbocycles. The van der Waals surface area contributed by atoms with Crippen molar-refractivity contribution in [3.05, 3.63) is 46.2 Å².